The fourth-order valence-corrected chi connectivity index (χ4v) is 1.86. The highest BCUT2D eigenvalue weighted by Crippen LogP contribution is 2.26. The van der Waals surface area contributed by atoms with E-state index in [9.17, 15) is 0 Å². The summed E-state index contributed by atoms with van der Waals surface area (Å²) in [6.45, 7) is 4.37. The van der Waals surface area contributed by atoms with E-state index in [0.717, 1.165) is 12.6 Å². The van der Waals surface area contributed by atoms with Crippen molar-refractivity contribution in [3.8, 4) is 0 Å². The molecule has 2 heterocycles. The van der Waals surface area contributed by atoms with Gasteiger partial charge in [-0.25, -0.2) is 0 Å². The van der Waals surface area contributed by atoms with E-state index < -0.39 is 0 Å². The minimum absolute atomic E-state index is 0.400. The average Bonchev–Trinajstić information content (AvgIpc) is 2.35. The van der Waals surface area contributed by atoms with E-state index in [1.165, 1.54) is 19.4 Å². The third-order valence-corrected chi connectivity index (χ3v) is 2.42. The van der Waals surface area contributed by atoms with Gasteiger partial charge in [0, 0.05) is 12.6 Å². The number of hydrogen-bond acceptors (Lipinski definition) is 2. The fraction of sp³-hybridized carbons (Fsp3) is 1.00. The second-order valence-corrected chi connectivity index (χ2v) is 2.97. The van der Waals surface area contributed by atoms with E-state index in [2.05, 4.69) is 11.8 Å². The first-order valence-corrected chi connectivity index (χ1v) is 3.75. The molecule has 0 bridgehead atoms. The van der Waals surface area contributed by atoms with Gasteiger partial charge < -0.3 is 4.74 Å². The molecule has 2 rings (SSSR count). The molecule has 52 valence electrons. The fourth-order valence-electron chi connectivity index (χ4n) is 1.86. The Morgan fingerprint density at radius 1 is 1.56 bits per heavy atom. The zero-order valence-corrected chi connectivity index (χ0v) is 5.84. The first-order valence-electron chi connectivity index (χ1n) is 3.75. The van der Waals surface area contributed by atoms with Crippen LogP contribution < -0.4 is 0 Å². The summed E-state index contributed by atoms with van der Waals surface area (Å²) in [7, 11) is 0. The normalized spacial score (nSPS) is 43.7. The number of nitrogens with zero attached hydrogens (tertiary/aromatic N) is 1. The minimum Gasteiger partial charge on any atom is -0.362 e. The maximum absolute atomic E-state index is 5.45. The molecule has 2 saturated heterocycles. The van der Waals surface area contributed by atoms with Crippen molar-refractivity contribution in [2.24, 2.45) is 0 Å². The van der Waals surface area contributed by atoms with Crippen molar-refractivity contribution in [3.05, 3.63) is 0 Å². The molecule has 2 atom stereocenters. The molecule has 2 heteroatoms. The molecular formula is C7H13NO. The molecular weight excluding hydrogens is 114 g/mol. The highest BCUT2D eigenvalue weighted by molar-refractivity contribution is 4.84. The Kier molecular flexibility index (Phi) is 1.24. The first kappa shape index (κ1) is 5.69. The molecule has 0 saturated carbocycles. The summed E-state index contributed by atoms with van der Waals surface area (Å²) >= 11 is 0. The highest BCUT2D eigenvalue weighted by atomic mass is 16.5. The van der Waals surface area contributed by atoms with Crippen LogP contribution in [0.25, 0.3) is 0 Å². The van der Waals surface area contributed by atoms with E-state index in [4.69, 9.17) is 4.74 Å². The summed E-state index contributed by atoms with van der Waals surface area (Å²) in [4.78, 5) is 2.46. The van der Waals surface area contributed by atoms with Gasteiger partial charge in [-0.05, 0) is 19.8 Å². The molecule has 0 aliphatic carbocycles. The molecule has 0 aromatic carbocycles. The Bertz CT molecular complexity index is 115. The largest absolute Gasteiger partial charge is 0.362 e. The van der Waals surface area contributed by atoms with E-state index in [1.807, 2.05) is 0 Å². The topological polar surface area (TPSA) is 12.5 Å². The lowest BCUT2D eigenvalue weighted by atomic mass is 10.2. The minimum atomic E-state index is 0.400. The SMILES string of the molecule is C[C@@H]1OC[C@H]2CCCN21. The monoisotopic (exact) mass is 127 g/mol. The lowest BCUT2D eigenvalue weighted by molar-refractivity contribution is 0.0523. The summed E-state index contributed by atoms with van der Waals surface area (Å²) in [5.41, 5.74) is 0. The van der Waals surface area contributed by atoms with Crippen LogP contribution in [-0.2, 0) is 4.74 Å². The van der Waals surface area contributed by atoms with Gasteiger partial charge in [0.2, 0.25) is 0 Å². The van der Waals surface area contributed by atoms with Crippen LogP contribution in [0.5, 0.6) is 0 Å². The van der Waals surface area contributed by atoms with Crippen LogP contribution in [-0.4, -0.2) is 30.3 Å². The second-order valence-electron chi connectivity index (χ2n) is 2.97. The Morgan fingerprint density at radius 3 is 3.22 bits per heavy atom. The molecule has 0 spiro atoms. The van der Waals surface area contributed by atoms with E-state index in [-0.39, 0.29) is 0 Å². The first-order chi connectivity index (χ1) is 4.38. The van der Waals surface area contributed by atoms with Crippen LogP contribution in [0.15, 0.2) is 0 Å². The van der Waals surface area contributed by atoms with Gasteiger partial charge in [0.15, 0.2) is 0 Å². The molecule has 0 N–H and O–H groups in total. The van der Waals surface area contributed by atoms with Crippen molar-refractivity contribution < 1.29 is 4.74 Å². The Morgan fingerprint density at radius 2 is 2.44 bits per heavy atom. The molecule has 0 unspecified atom stereocenters. The van der Waals surface area contributed by atoms with Gasteiger partial charge in [-0.2, -0.15) is 0 Å². The molecule has 0 aromatic heterocycles. The van der Waals surface area contributed by atoms with Crippen LogP contribution in [0.3, 0.4) is 0 Å². The van der Waals surface area contributed by atoms with Gasteiger partial charge in [0.25, 0.3) is 0 Å². The zero-order chi connectivity index (χ0) is 6.27. The van der Waals surface area contributed by atoms with Gasteiger partial charge in [0.1, 0.15) is 6.23 Å². The van der Waals surface area contributed by atoms with Crippen molar-refractivity contribution in [1.82, 2.24) is 4.90 Å². The van der Waals surface area contributed by atoms with Crippen LogP contribution >= 0.6 is 0 Å². The Labute approximate surface area is 55.8 Å². The van der Waals surface area contributed by atoms with Gasteiger partial charge in [0.05, 0.1) is 6.61 Å². The Balaban J connectivity index is 2.07. The summed E-state index contributed by atoms with van der Waals surface area (Å²) in [6.07, 6.45) is 3.13. The zero-order valence-electron chi connectivity index (χ0n) is 5.84. The molecule has 0 aromatic rings. The third kappa shape index (κ3) is 0.775. The van der Waals surface area contributed by atoms with Crippen molar-refractivity contribution in [2.45, 2.75) is 32.0 Å². The smallest absolute Gasteiger partial charge is 0.108 e. The summed E-state index contributed by atoms with van der Waals surface area (Å²) in [5.74, 6) is 0. The average molecular weight is 127 g/mol. The van der Waals surface area contributed by atoms with E-state index in [0.29, 0.717) is 6.23 Å². The van der Waals surface area contributed by atoms with Crippen molar-refractivity contribution in [2.75, 3.05) is 13.2 Å². The molecule has 9 heavy (non-hydrogen) atoms. The number of ether oxygens (including phenoxy) is 1. The van der Waals surface area contributed by atoms with Gasteiger partial charge >= 0.3 is 0 Å². The van der Waals surface area contributed by atoms with E-state index >= 15 is 0 Å². The predicted molar refractivity (Wildman–Crippen MR) is 35.1 cm³/mol. The highest BCUT2D eigenvalue weighted by Gasteiger charge is 2.34. The van der Waals surface area contributed by atoms with Crippen LogP contribution in [0.1, 0.15) is 19.8 Å². The van der Waals surface area contributed by atoms with Gasteiger partial charge in [-0.3, -0.25) is 4.90 Å². The number of hydrogen-bond donors (Lipinski definition) is 0. The van der Waals surface area contributed by atoms with Crippen molar-refractivity contribution >= 4 is 0 Å². The summed E-state index contributed by atoms with van der Waals surface area (Å²) in [5, 5.41) is 0. The summed E-state index contributed by atoms with van der Waals surface area (Å²) in [6, 6.07) is 0.764. The number of fused-ring (bicyclic) bond motifs is 1. The maximum Gasteiger partial charge on any atom is 0.108 e. The quantitative estimate of drug-likeness (QED) is 0.478. The standard InChI is InChI=1S/C7H13NO/c1-6-8-4-2-3-7(8)5-9-6/h6-7H,2-5H2,1H3/t6-,7+/m0/s1. The van der Waals surface area contributed by atoms with Gasteiger partial charge in [-0.15, -0.1) is 0 Å². The molecule has 0 amide bonds. The third-order valence-electron chi connectivity index (χ3n) is 2.42. The van der Waals surface area contributed by atoms with Crippen molar-refractivity contribution in [3.63, 3.8) is 0 Å². The van der Waals surface area contributed by atoms with Crippen LogP contribution in [0, 0.1) is 0 Å². The lowest BCUT2D eigenvalue weighted by Gasteiger charge is -2.16. The van der Waals surface area contributed by atoms with Gasteiger partial charge in [-0.1, -0.05) is 0 Å². The van der Waals surface area contributed by atoms with Crippen LogP contribution in [0.2, 0.25) is 0 Å². The lowest BCUT2D eigenvalue weighted by Crippen LogP contribution is -2.29. The van der Waals surface area contributed by atoms with Crippen LogP contribution in [0.4, 0.5) is 0 Å². The second kappa shape index (κ2) is 1.96. The molecule has 0 radical (unpaired) electrons. The molecule has 2 fully saturated rings. The summed E-state index contributed by atoms with van der Waals surface area (Å²) < 4.78 is 5.45. The predicted octanol–water partition coefficient (Wildman–Crippen LogP) is 0.827. The van der Waals surface area contributed by atoms with E-state index in [1.54, 1.807) is 0 Å². The Hall–Kier alpha value is -0.0800. The molecule has 2 aliphatic heterocycles. The maximum atomic E-state index is 5.45. The molecule has 2 nitrogen and oxygen atoms in total. The number of rotatable bonds is 0. The van der Waals surface area contributed by atoms with Crippen molar-refractivity contribution in [1.29, 1.82) is 0 Å². The molecule has 2 aliphatic rings.